The van der Waals surface area contributed by atoms with Gasteiger partial charge in [0.2, 0.25) is 5.76 Å². The van der Waals surface area contributed by atoms with Crippen molar-refractivity contribution in [3.8, 4) is 5.75 Å². The normalized spacial score (nSPS) is 11.2. The molecular weight excluding hydrogens is 624 g/mol. The Morgan fingerprint density at radius 1 is 1.06 bits per heavy atom. The van der Waals surface area contributed by atoms with Crippen LogP contribution in [0.25, 0.3) is 11.0 Å². The van der Waals surface area contributed by atoms with E-state index in [1.165, 1.54) is 7.11 Å². The van der Waals surface area contributed by atoms with Crippen molar-refractivity contribution in [2.45, 2.75) is 13.8 Å². The number of nitrogens with zero attached hydrogens (tertiary/aromatic N) is 1. The second-order valence-electron chi connectivity index (χ2n) is 6.77. The van der Waals surface area contributed by atoms with Crippen LogP contribution in [0, 0.1) is 7.14 Å². The lowest BCUT2D eigenvalue weighted by Gasteiger charge is -2.19. The third-order valence-corrected chi connectivity index (χ3v) is 6.60. The number of esters is 1. The summed E-state index contributed by atoms with van der Waals surface area (Å²) in [6.45, 7) is 7.60. The van der Waals surface area contributed by atoms with E-state index in [1.807, 2.05) is 0 Å². The zero-order chi connectivity index (χ0) is 22.5. The Morgan fingerprint density at radius 3 is 2.32 bits per heavy atom. The number of furan rings is 1. The van der Waals surface area contributed by atoms with Gasteiger partial charge in [0.25, 0.3) is 0 Å². The van der Waals surface area contributed by atoms with Crippen LogP contribution < -0.4 is 4.74 Å². The fourth-order valence-electron chi connectivity index (χ4n) is 3.30. The van der Waals surface area contributed by atoms with E-state index in [1.54, 1.807) is 36.4 Å². The first-order chi connectivity index (χ1) is 14.9. The molecule has 0 unspecified atom stereocenters. The molecule has 0 fully saturated rings. The summed E-state index contributed by atoms with van der Waals surface area (Å²) >= 11 is 4.35. The lowest BCUT2D eigenvalue weighted by molar-refractivity contribution is 0.0564. The number of halogens is 2. The molecule has 0 aliphatic heterocycles. The van der Waals surface area contributed by atoms with Crippen molar-refractivity contribution in [2.24, 2.45) is 0 Å². The van der Waals surface area contributed by atoms with Crippen LogP contribution in [0.3, 0.4) is 0 Å². The Balaban J connectivity index is 1.94. The van der Waals surface area contributed by atoms with Gasteiger partial charge in [-0.05, 0) is 76.5 Å². The minimum absolute atomic E-state index is 0.0849. The van der Waals surface area contributed by atoms with Crippen molar-refractivity contribution >= 4 is 67.9 Å². The minimum atomic E-state index is -0.680. The van der Waals surface area contributed by atoms with E-state index in [2.05, 4.69) is 63.9 Å². The van der Waals surface area contributed by atoms with Crippen molar-refractivity contribution < 1.29 is 23.5 Å². The Kier molecular flexibility index (Phi) is 8.34. The second kappa shape index (κ2) is 10.8. The minimum Gasteiger partial charge on any atom is -0.490 e. The maximum atomic E-state index is 13.4. The summed E-state index contributed by atoms with van der Waals surface area (Å²) in [5, 5.41) is 0.581. The number of hydrogen-bond acceptors (Lipinski definition) is 6. The molecule has 0 N–H and O–H groups in total. The Bertz CT molecular complexity index is 1080. The van der Waals surface area contributed by atoms with E-state index >= 15 is 0 Å². The van der Waals surface area contributed by atoms with Gasteiger partial charge in [0.15, 0.2) is 5.78 Å². The van der Waals surface area contributed by atoms with Gasteiger partial charge >= 0.3 is 5.97 Å². The second-order valence-corrected chi connectivity index (χ2v) is 9.09. The highest BCUT2D eigenvalue weighted by molar-refractivity contribution is 14.1. The molecule has 0 aliphatic carbocycles. The third-order valence-electron chi connectivity index (χ3n) is 5.00. The monoisotopic (exact) mass is 647 g/mol. The number of fused-ring (bicyclic) bond motifs is 1. The number of likely N-dealkylation sites (N-methyl/N-ethyl adjacent to an activating group) is 1. The number of carbonyl (C=O) groups is 2. The van der Waals surface area contributed by atoms with Crippen molar-refractivity contribution in [2.75, 3.05) is 33.4 Å². The van der Waals surface area contributed by atoms with Crippen LogP contribution >= 0.6 is 45.2 Å². The van der Waals surface area contributed by atoms with Crippen LogP contribution in [0.5, 0.6) is 5.75 Å². The summed E-state index contributed by atoms with van der Waals surface area (Å²) in [5.74, 6) is -0.301. The lowest BCUT2D eigenvalue weighted by atomic mass is 10.00. The van der Waals surface area contributed by atoms with Crippen molar-refractivity contribution in [1.82, 2.24) is 4.90 Å². The first-order valence-electron chi connectivity index (χ1n) is 9.89. The van der Waals surface area contributed by atoms with Gasteiger partial charge in [-0.25, -0.2) is 4.79 Å². The summed E-state index contributed by atoms with van der Waals surface area (Å²) in [7, 11) is 1.26. The molecule has 8 heteroatoms. The number of hydrogen-bond donors (Lipinski definition) is 0. The molecule has 0 spiro atoms. The molecule has 31 heavy (non-hydrogen) atoms. The number of benzene rings is 2. The fourth-order valence-corrected chi connectivity index (χ4v) is 5.38. The third kappa shape index (κ3) is 5.23. The molecule has 6 nitrogen and oxygen atoms in total. The van der Waals surface area contributed by atoms with Crippen molar-refractivity contribution in [3.05, 3.63) is 60.4 Å². The zero-order valence-electron chi connectivity index (χ0n) is 17.5. The number of ether oxygens (including phenoxy) is 2. The summed E-state index contributed by atoms with van der Waals surface area (Å²) < 4.78 is 18.2. The molecule has 0 aliphatic rings. The van der Waals surface area contributed by atoms with E-state index in [0.717, 1.165) is 32.5 Å². The number of para-hydroxylation sites is 1. The number of carbonyl (C=O) groups excluding carboxylic acids is 2. The maximum Gasteiger partial charge on any atom is 0.374 e. The van der Waals surface area contributed by atoms with Gasteiger partial charge < -0.3 is 18.8 Å². The highest BCUT2D eigenvalue weighted by Gasteiger charge is 2.28. The smallest absolute Gasteiger partial charge is 0.374 e. The van der Waals surface area contributed by atoms with Crippen LogP contribution in [0.1, 0.15) is 40.3 Å². The van der Waals surface area contributed by atoms with Gasteiger partial charge in [-0.3, -0.25) is 4.79 Å². The van der Waals surface area contributed by atoms with Gasteiger partial charge in [-0.15, -0.1) is 0 Å². The van der Waals surface area contributed by atoms with Gasteiger partial charge in [0.05, 0.1) is 19.8 Å². The topological polar surface area (TPSA) is 69.0 Å². The average Bonchev–Trinajstić information content (AvgIpc) is 3.16. The number of ketones is 1. The van der Waals surface area contributed by atoms with Crippen LogP contribution in [0.2, 0.25) is 0 Å². The maximum absolute atomic E-state index is 13.4. The molecule has 0 bridgehead atoms. The molecule has 0 radical (unpaired) electrons. The van der Waals surface area contributed by atoms with Gasteiger partial charge in [0, 0.05) is 17.5 Å². The van der Waals surface area contributed by atoms with E-state index in [4.69, 9.17) is 13.9 Å². The van der Waals surface area contributed by atoms with E-state index in [9.17, 15) is 9.59 Å². The quantitative estimate of drug-likeness (QED) is 0.177. The molecule has 0 saturated heterocycles. The lowest BCUT2D eigenvalue weighted by Crippen LogP contribution is -2.28. The average molecular weight is 647 g/mol. The molecular formula is C23H23I2NO5. The molecule has 2 aromatic carbocycles. The zero-order valence-corrected chi connectivity index (χ0v) is 21.9. The largest absolute Gasteiger partial charge is 0.490 e. The SMILES string of the molecule is CCN(CC)CCOc1c(I)cc(C(=O)c2c(C(=O)OC)oc3ccccc23)cc1I. The van der Waals surface area contributed by atoms with Crippen LogP contribution in [-0.2, 0) is 4.74 Å². The Labute approximate surface area is 208 Å². The van der Waals surface area contributed by atoms with Crippen LogP contribution in [-0.4, -0.2) is 50.0 Å². The van der Waals surface area contributed by atoms with Crippen molar-refractivity contribution in [1.29, 1.82) is 0 Å². The molecule has 0 atom stereocenters. The van der Waals surface area contributed by atoms with Crippen molar-refractivity contribution in [3.63, 3.8) is 0 Å². The van der Waals surface area contributed by atoms with Crippen LogP contribution in [0.15, 0.2) is 40.8 Å². The molecule has 3 rings (SSSR count). The predicted octanol–water partition coefficient (Wildman–Crippen LogP) is 5.38. The molecule has 3 aromatic rings. The number of rotatable bonds is 9. The highest BCUT2D eigenvalue weighted by atomic mass is 127. The standard InChI is InChI=1S/C23H23I2NO5/c1-4-26(5-2)10-11-30-21-16(24)12-14(13-17(21)25)20(27)19-15-8-6-7-9-18(15)31-22(19)23(28)29-3/h6-9,12-13H,4-5,10-11H2,1-3H3. The highest BCUT2D eigenvalue weighted by Crippen LogP contribution is 2.33. The summed E-state index contributed by atoms with van der Waals surface area (Å²) in [4.78, 5) is 28.0. The van der Waals surface area contributed by atoms with Gasteiger partial charge in [0.1, 0.15) is 17.9 Å². The fraction of sp³-hybridized carbons (Fsp3) is 0.304. The molecule has 0 amide bonds. The van der Waals surface area contributed by atoms with E-state index in [-0.39, 0.29) is 17.1 Å². The molecule has 0 saturated carbocycles. The molecule has 1 heterocycles. The summed E-state index contributed by atoms with van der Waals surface area (Å²) in [5.41, 5.74) is 1.14. The predicted molar refractivity (Wildman–Crippen MR) is 136 cm³/mol. The number of methoxy groups -OCH3 is 1. The van der Waals surface area contributed by atoms with Gasteiger partial charge in [-0.2, -0.15) is 0 Å². The van der Waals surface area contributed by atoms with Crippen LogP contribution in [0.4, 0.5) is 0 Å². The summed E-state index contributed by atoms with van der Waals surface area (Å²) in [6, 6.07) is 10.6. The van der Waals surface area contributed by atoms with E-state index in [0.29, 0.717) is 23.1 Å². The Hall–Kier alpha value is -1.66. The van der Waals surface area contributed by atoms with E-state index < -0.39 is 5.97 Å². The summed E-state index contributed by atoms with van der Waals surface area (Å²) in [6.07, 6.45) is 0. The first kappa shape index (κ1) is 24.0. The molecule has 1 aromatic heterocycles. The Morgan fingerprint density at radius 2 is 1.71 bits per heavy atom. The molecule has 164 valence electrons. The van der Waals surface area contributed by atoms with Gasteiger partial charge in [-0.1, -0.05) is 32.0 Å². The first-order valence-corrected chi connectivity index (χ1v) is 12.1.